The molecule has 1 atom stereocenters. The number of nitrogens with zero attached hydrogens (tertiary/aromatic N) is 1. The molecule has 1 heterocycles. The number of rotatable bonds is 2. The van der Waals surface area contributed by atoms with E-state index in [9.17, 15) is 9.90 Å². The summed E-state index contributed by atoms with van der Waals surface area (Å²) in [5, 5.41) is 9.28. The largest absolute Gasteiger partial charge is 0.394 e. The molecule has 0 aliphatic carbocycles. The Kier molecular flexibility index (Phi) is 3.99. The van der Waals surface area contributed by atoms with Crippen LogP contribution in [0.5, 0.6) is 0 Å². The van der Waals surface area contributed by atoms with Crippen molar-refractivity contribution >= 4 is 5.91 Å². The van der Waals surface area contributed by atoms with Gasteiger partial charge in [-0.25, -0.2) is 0 Å². The summed E-state index contributed by atoms with van der Waals surface area (Å²) in [7, 11) is 0. The summed E-state index contributed by atoms with van der Waals surface area (Å²) in [5.74, 6) is -0.0274. The molecule has 0 bridgehead atoms. The van der Waals surface area contributed by atoms with E-state index in [-0.39, 0.29) is 18.6 Å². The summed E-state index contributed by atoms with van der Waals surface area (Å²) in [6, 6.07) is 5.47. The van der Waals surface area contributed by atoms with Gasteiger partial charge in [-0.15, -0.1) is 0 Å². The molecule has 1 aliphatic rings. The zero-order valence-corrected chi connectivity index (χ0v) is 10.8. The van der Waals surface area contributed by atoms with Crippen LogP contribution in [0, 0.1) is 13.8 Å². The maximum absolute atomic E-state index is 12.4. The zero-order chi connectivity index (χ0) is 13.1. The number of amides is 1. The molecule has 18 heavy (non-hydrogen) atoms. The lowest BCUT2D eigenvalue weighted by Crippen LogP contribution is -2.50. The first kappa shape index (κ1) is 13.1. The molecule has 0 spiro atoms. The second-order valence-corrected chi connectivity index (χ2v) is 4.71. The smallest absolute Gasteiger partial charge is 0.254 e. The average Bonchev–Trinajstić information content (AvgIpc) is 2.41. The molecule has 1 amide bonds. The number of aryl methyl sites for hydroxylation is 2. The fourth-order valence-corrected chi connectivity index (χ4v) is 2.11. The molecule has 0 aromatic heterocycles. The van der Waals surface area contributed by atoms with Crippen LogP contribution in [-0.4, -0.2) is 48.3 Å². The molecule has 1 aromatic carbocycles. The van der Waals surface area contributed by atoms with E-state index in [1.54, 1.807) is 4.90 Å². The van der Waals surface area contributed by atoms with Crippen molar-refractivity contribution in [3.05, 3.63) is 34.9 Å². The Bertz CT molecular complexity index is 445. The van der Waals surface area contributed by atoms with Crippen molar-refractivity contribution in [3.63, 3.8) is 0 Å². The fraction of sp³-hybridized carbons (Fsp3) is 0.500. The van der Waals surface area contributed by atoms with Gasteiger partial charge in [-0.2, -0.15) is 0 Å². The molecule has 1 fully saturated rings. The molecule has 1 unspecified atom stereocenters. The summed E-state index contributed by atoms with van der Waals surface area (Å²) >= 11 is 0. The Morgan fingerprint density at radius 2 is 2.22 bits per heavy atom. The first-order valence-corrected chi connectivity index (χ1v) is 6.20. The average molecular weight is 249 g/mol. The summed E-state index contributed by atoms with van der Waals surface area (Å²) in [5.41, 5.74) is 2.96. The molecular formula is C14H19NO3. The Hall–Kier alpha value is -1.39. The maximum Gasteiger partial charge on any atom is 0.254 e. The topological polar surface area (TPSA) is 49.8 Å². The normalized spacial score (nSPS) is 19.9. The van der Waals surface area contributed by atoms with E-state index >= 15 is 0 Å². The number of hydrogen-bond donors (Lipinski definition) is 1. The number of morpholine rings is 1. The highest BCUT2D eigenvalue weighted by atomic mass is 16.5. The minimum absolute atomic E-state index is 0.0274. The highest BCUT2D eigenvalue weighted by molar-refractivity contribution is 5.94. The summed E-state index contributed by atoms with van der Waals surface area (Å²) in [6.45, 7) is 5.44. The van der Waals surface area contributed by atoms with Crippen LogP contribution < -0.4 is 0 Å². The van der Waals surface area contributed by atoms with Crippen LogP contribution in [0.1, 0.15) is 21.5 Å². The van der Waals surface area contributed by atoms with Crippen molar-refractivity contribution in [2.45, 2.75) is 19.9 Å². The predicted octanol–water partition coefficient (Wildman–Crippen LogP) is 1.14. The van der Waals surface area contributed by atoms with Gasteiger partial charge < -0.3 is 14.7 Å². The molecule has 98 valence electrons. The third-order valence-electron chi connectivity index (χ3n) is 3.45. The third kappa shape index (κ3) is 2.54. The number of aliphatic hydroxyl groups excluding tert-OH is 1. The quantitative estimate of drug-likeness (QED) is 0.855. The van der Waals surface area contributed by atoms with Crippen LogP contribution >= 0.6 is 0 Å². The van der Waals surface area contributed by atoms with Gasteiger partial charge >= 0.3 is 0 Å². The number of aliphatic hydroxyl groups is 1. The van der Waals surface area contributed by atoms with Crippen molar-refractivity contribution in [1.29, 1.82) is 0 Å². The van der Waals surface area contributed by atoms with E-state index in [0.29, 0.717) is 25.3 Å². The van der Waals surface area contributed by atoms with Gasteiger partial charge in [0, 0.05) is 12.1 Å². The van der Waals surface area contributed by atoms with E-state index < -0.39 is 0 Å². The van der Waals surface area contributed by atoms with Gasteiger partial charge in [-0.05, 0) is 37.1 Å². The Labute approximate surface area is 107 Å². The van der Waals surface area contributed by atoms with Crippen LogP contribution in [0.4, 0.5) is 0 Å². The first-order chi connectivity index (χ1) is 8.63. The van der Waals surface area contributed by atoms with Crippen LogP contribution in [0.25, 0.3) is 0 Å². The van der Waals surface area contributed by atoms with E-state index in [4.69, 9.17) is 4.74 Å². The Balaban J connectivity index is 2.21. The van der Waals surface area contributed by atoms with Gasteiger partial charge in [-0.1, -0.05) is 6.07 Å². The Morgan fingerprint density at radius 3 is 2.89 bits per heavy atom. The van der Waals surface area contributed by atoms with Crippen molar-refractivity contribution in [2.24, 2.45) is 0 Å². The molecule has 0 saturated carbocycles. The van der Waals surface area contributed by atoms with Crippen molar-refractivity contribution in [1.82, 2.24) is 4.90 Å². The lowest BCUT2D eigenvalue weighted by Gasteiger charge is -2.34. The molecule has 4 nitrogen and oxygen atoms in total. The van der Waals surface area contributed by atoms with Gasteiger partial charge in [0.2, 0.25) is 0 Å². The molecule has 1 aromatic rings. The molecular weight excluding hydrogens is 230 g/mol. The lowest BCUT2D eigenvalue weighted by molar-refractivity contribution is -0.0183. The fourth-order valence-electron chi connectivity index (χ4n) is 2.11. The van der Waals surface area contributed by atoms with Crippen molar-refractivity contribution in [2.75, 3.05) is 26.4 Å². The number of ether oxygens (including phenoxy) is 1. The van der Waals surface area contributed by atoms with E-state index in [1.807, 2.05) is 32.0 Å². The van der Waals surface area contributed by atoms with E-state index in [0.717, 1.165) is 5.56 Å². The van der Waals surface area contributed by atoms with Gasteiger partial charge in [-0.3, -0.25) is 4.79 Å². The monoisotopic (exact) mass is 249 g/mol. The predicted molar refractivity (Wildman–Crippen MR) is 68.6 cm³/mol. The zero-order valence-electron chi connectivity index (χ0n) is 10.8. The van der Waals surface area contributed by atoms with E-state index in [2.05, 4.69) is 0 Å². The standard InChI is InChI=1S/C14H19NO3/c1-10-3-4-12(7-11(10)2)14(17)15-5-6-18-9-13(15)8-16/h3-4,7,13,16H,5-6,8-9H2,1-2H3. The number of benzene rings is 1. The maximum atomic E-state index is 12.4. The van der Waals surface area contributed by atoms with Gasteiger partial charge in [0.25, 0.3) is 5.91 Å². The SMILES string of the molecule is Cc1ccc(C(=O)N2CCOCC2CO)cc1C. The second kappa shape index (κ2) is 5.50. The minimum atomic E-state index is -0.229. The first-order valence-electron chi connectivity index (χ1n) is 6.20. The third-order valence-corrected chi connectivity index (χ3v) is 3.45. The van der Waals surface area contributed by atoms with Crippen LogP contribution in [0.3, 0.4) is 0 Å². The van der Waals surface area contributed by atoms with E-state index in [1.165, 1.54) is 5.56 Å². The molecule has 1 aliphatic heterocycles. The molecule has 2 rings (SSSR count). The second-order valence-electron chi connectivity index (χ2n) is 4.71. The summed E-state index contributed by atoms with van der Waals surface area (Å²) < 4.78 is 5.28. The summed E-state index contributed by atoms with van der Waals surface area (Å²) in [4.78, 5) is 14.1. The van der Waals surface area contributed by atoms with Gasteiger partial charge in [0.05, 0.1) is 25.9 Å². The highest BCUT2D eigenvalue weighted by Crippen LogP contribution is 2.15. The summed E-state index contributed by atoms with van der Waals surface area (Å²) in [6.07, 6.45) is 0. The van der Waals surface area contributed by atoms with Gasteiger partial charge in [0.15, 0.2) is 0 Å². The van der Waals surface area contributed by atoms with Crippen LogP contribution in [0.2, 0.25) is 0 Å². The van der Waals surface area contributed by atoms with Crippen molar-refractivity contribution in [3.8, 4) is 0 Å². The minimum Gasteiger partial charge on any atom is -0.394 e. The van der Waals surface area contributed by atoms with Crippen molar-refractivity contribution < 1.29 is 14.6 Å². The van der Waals surface area contributed by atoms with Crippen LogP contribution in [-0.2, 0) is 4.74 Å². The van der Waals surface area contributed by atoms with Crippen LogP contribution in [0.15, 0.2) is 18.2 Å². The molecule has 4 heteroatoms. The Morgan fingerprint density at radius 1 is 1.44 bits per heavy atom. The number of carbonyl (C=O) groups is 1. The van der Waals surface area contributed by atoms with Gasteiger partial charge in [0.1, 0.15) is 0 Å². The number of carbonyl (C=O) groups excluding carboxylic acids is 1. The highest BCUT2D eigenvalue weighted by Gasteiger charge is 2.27. The molecule has 0 radical (unpaired) electrons. The number of hydrogen-bond acceptors (Lipinski definition) is 3. The molecule has 1 N–H and O–H groups in total. The lowest BCUT2D eigenvalue weighted by atomic mass is 10.0. The molecule has 1 saturated heterocycles.